The van der Waals surface area contributed by atoms with E-state index in [1.165, 1.54) is 6.42 Å². The van der Waals surface area contributed by atoms with Gasteiger partial charge < -0.3 is 5.32 Å². The lowest BCUT2D eigenvalue weighted by atomic mass is 9.99. The normalized spacial score (nSPS) is 17.6. The van der Waals surface area contributed by atoms with Crippen LogP contribution in [0.4, 0.5) is 0 Å². The lowest BCUT2D eigenvalue weighted by Gasteiger charge is -2.18. The Hall–Kier alpha value is -0.300. The second-order valence-corrected chi connectivity index (χ2v) is 2.69. The molecule has 0 aliphatic rings. The zero-order chi connectivity index (χ0) is 7.98. The first-order valence-electron chi connectivity index (χ1n) is 4.06. The van der Waals surface area contributed by atoms with Crippen LogP contribution < -0.4 is 5.32 Å². The quantitative estimate of drug-likeness (QED) is 0.592. The Morgan fingerprint density at radius 1 is 1.50 bits per heavy atom. The molecule has 2 unspecified atom stereocenters. The molecule has 0 aromatic carbocycles. The summed E-state index contributed by atoms with van der Waals surface area (Å²) >= 11 is 0. The standard InChI is InChI=1S/C9H19N/c1-5-7-8(3)9(6-2)10-4/h5,7-10H,6H2,1-4H3/b7-5-. The topological polar surface area (TPSA) is 12.0 Å². The predicted molar refractivity (Wildman–Crippen MR) is 47.1 cm³/mol. The van der Waals surface area contributed by atoms with Crippen molar-refractivity contribution < 1.29 is 0 Å². The molecule has 1 N–H and O–H groups in total. The minimum absolute atomic E-state index is 0.635. The highest BCUT2D eigenvalue weighted by Crippen LogP contribution is 2.07. The van der Waals surface area contributed by atoms with Gasteiger partial charge in [-0.05, 0) is 26.3 Å². The third-order valence-corrected chi connectivity index (χ3v) is 1.94. The van der Waals surface area contributed by atoms with E-state index in [2.05, 4.69) is 38.2 Å². The van der Waals surface area contributed by atoms with Crippen LogP contribution in [0.1, 0.15) is 27.2 Å². The van der Waals surface area contributed by atoms with Gasteiger partial charge in [0, 0.05) is 6.04 Å². The molecule has 0 aromatic heterocycles. The van der Waals surface area contributed by atoms with Gasteiger partial charge in [-0.1, -0.05) is 26.0 Å². The summed E-state index contributed by atoms with van der Waals surface area (Å²) in [4.78, 5) is 0. The molecule has 0 aliphatic heterocycles. The zero-order valence-electron chi connectivity index (χ0n) is 7.52. The van der Waals surface area contributed by atoms with E-state index in [-0.39, 0.29) is 0 Å². The molecule has 0 radical (unpaired) electrons. The van der Waals surface area contributed by atoms with Crippen LogP contribution in [0.5, 0.6) is 0 Å². The molecule has 0 rings (SSSR count). The molecule has 0 bridgehead atoms. The van der Waals surface area contributed by atoms with Gasteiger partial charge in [-0.15, -0.1) is 0 Å². The zero-order valence-corrected chi connectivity index (χ0v) is 7.52. The van der Waals surface area contributed by atoms with Gasteiger partial charge in [-0.2, -0.15) is 0 Å². The van der Waals surface area contributed by atoms with Crippen molar-refractivity contribution in [1.29, 1.82) is 0 Å². The lowest BCUT2D eigenvalue weighted by Crippen LogP contribution is -2.30. The summed E-state index contributed by atoms with van der Waals surface area (Å²) in [7, 11) is 2.02. The Morgan fingerprint density at radius 3 is 2.40 bits per heavy atom. The van der Waals surface area contributed by atoms with Crippen molar-refractivity contribution in [2.75, 3.05) is 7.05 Å². The number of hydrogen-bond acceptors (Lipinski definition) is 1. The van der Waals surface area contributed by atoms with Crippen LogP contribution in [0.2, 0.25) is 0 Å². The Morgan fingerprint density at radius 2 is 2.10 bits per heavy atom. The SMILES string of the molecule is C/C=C\C(C)C(CC)NC. The van der Waals surface area contributed by atoms with E-state index in [1.807, 2.05) is 7.05 Å². The van der Waals surface area contributed by atoms with E-state index in [0.717, 1.165) is 0 Å². The molecular formula is C9H19N. The molecule has 0 spiro atoms. The van der Waals surface area contributed by atoms with Gasteiger partial charge in [0.15, 0.2) is 0 Å². The first-order chi connectivity index (χ1) is 4.76. The Labute approximate surface area is 64.5 Å². The van der Waals surface area contributed by atoms with Crippen LogP contribution in [0.25, 0.3) is 0 Å². The minimum atomic E-state index is 0.635. The monoisotopic (exact) mass is 141 g/mol. The maximum Gasteiger partial charge on any atom is 0.0122 e. The Bertz CT molecular complexity index is 92.9. The summed E-state index contributed by atoms with van der Waals surface area (Å²) in [5, 5.41) is 3.29. The van der Waals surface area contributed by atoms with Crippen molar-refractivity contribution in [3.8, 4) is 0 Å². The van der Waals surface area contributed by atoms with E-state index in [9.17, 15) is 0 Å². The molecule has 0 saturated heterocycles. The van der Waals surface area contributed by atoms with Gasteiger partial charge in [0.05, 0.1) is 0 Å². The molecule has 60 valence electrons. The van der Waals surface area contributed by atoms with Gasteiger partial charge in [0.25, 0.3) is 0 Å². The van der Waals surface area contributed by atoms with Crippen molar-refractivity contribution in [2.45, 2.75) is 33.2 Å². The number of hydrogen-bond donors (Lipinski definition) is 1. The summed E-state index contributed by atoms with van der Waals surface area (Å²) in [6.07, 6.45) is 5.55. The van der Waals surface area contributed by atoms with E-state index in [0.29, 0.717) is 12.0 Å². The molecule has 0 saturated carbocycles. The average molecular weight is 141 g/mol. The van der Waals surface area contributed by atoms with Crippen LogP contribution in [0, 0.1) is 5.92 Å². The smallest absolute Gasteiger partial charge is 0.0122 e. The Kier molecular flexibility index (Phi) is 5.32. The molecule has 0 heterocycles. The summed E-state index contributed by atoms with van der Waals surface area (Å²) in [5.41, 5.74) is 0. The first-order valence-corrected chi connectivity index (χ1v) is 4.06. The molecular weight excluding hydrogens is 122 g/mol. The fraction of sp³-hybridized carbons (Fsp3) is 0.778. The maximum atomic E-state index is 3.29. The van der Waals surface area contributed by atoms with Crippen molar-refractivity contribution in [2.24, 2.45) is 5.92 Å². The molecule has 1 nitrogen and oxygen atoms in total. The summed E-state index contributed by atoms with van der Waals surface area (Å²) in [6.45, 7) is 6.52. The highest BCUT2D eigenvalue weighted by atomic mass is 14.9. The Balaban J connectivity index is 3.75. The van der Waals surface area contributed by atoms with Crippen molar-refractivity contribution >= 4 is 0 Å². The van der Waals surface area contributed by atoms with E-state index in [1.54, 1.807) is 0 Å². The molecule has 2 atom stereocenters. The number of allylic oxidation sites excluding steroid dienone is 1. The van der Waals surface area contributed by atoms with Gasteiger partial charge >= 0.3 is 0 Å². The summed E-state index contributed by atoms with van der Waals surface area (Å²) in [5.74, 6) is 0.653. The summed E-state index contributed by atoms with van der Waals surface area (Å²) in [6, 6.07) is 0.635. The third-order valence-electron chi connectivity index (χ3n) is 1.94. The van der Waals surface area contributed by atoms with Crippen molar-refractivity contribution in [3.05, 3.63) is 12.2 Å². The average Bonchev–Trinajstić information content (AvgIpc) is 1.91. The van der Waals surface area contributed by atoms with E-state index in [4.69, 9.17) is 0 Å². The van der Waals surface area contributed by atoms with E-state index >= 15 is 0 Å². The second kappa shape index (κ2) is 5.48. The highest BCUT2D eigenvalue weighted by Gasteiger charge is 2.08. The van der Waals surface area contributed by atoms with Gasteiger partial charge in [0.1, 0.15) is 0 Å². The molecule has 10 heavy (non-hydrogen) atoms. The largest absolute Gasteiger partial charge is 0.316 e. The molecule has 1 heteroatoms. The summed E-state index contributed by atoms with van der Waals surface area (Å²) < 4.78 is 0. The van der Waals surface area contributed by atoms with Crippen LogP contribution >= 0.6 is 0 Å². The van der Waals surface area contributed by atoms with E-state index < -0.39 is 0 Å². The molecule has 0 aliphatic carbocycles. The first kappa shape index (κ1) is 9.70. The van der Waals surface area contributed by atoms with Crippen LogP contribution in [-0.4, -0.2) is 13.1 Å². The fourth-order valence-electron chi connectivity index (χ4n) is 1.28. The van der Waals surface area contributed by atoms with Crippen LogP contribution in [-0.2, 0) is 0 Å². The van der Waals surface area contributed by atoms with Crippen LogP contribution in [0.3, 0.4) is 0 Å². The number of rotatable bonds is 4. The molecule has 0 fully saturated rings. The van der Waals surface area contributed by atoms with Crippen LogP contribution in [0.15, 0.2) is 12.2 Å². The highest BCUT2D eigenvalue weighted by molar-refractivity contribution is 4.89. The fourth-order valence-corrected chi connectivity index (χ4v) is 1.28. The van der Waals surface area contributed by atoms with Crippen molar-refractivity contribution in [1.82, 2.24) is 5.32 Å². The maximum absolute atomic E-state index is 3.29. The van der Waals surface area contributed by atoms with Gasteiger partial charge in [-0.3, -0.25) is 0 Å². The number of nitrogens with one attached hydrogen (secondary N) is 1. The third kappa shape index (κ3) is 3.02. The van der Waals surface area contributed by atoms with Crippen molar-refractivity contribution in [3.63, 3.8) is 0 Å². The van der Waals surface area contributed by atoms with Gasteiger partial charge in [0.2, 0.25) is 0 Å². The minimum Gasteiger partial charge on any atom is -0.316 e. The second-order valence-electron chi connectivity index (χ2n) is 2.69. The molecule has 0 aromatic rings. The van der Waals surface area contributed by atoms with Gasteiger partial charge in [-0.25, -0.2) is 0 Å². The lowest BCUT2D eigenvalue weighted by molar-refractivity contribution is 0.450. The predicted octanol–water partition coefficient (Wildman–Crippen LogP) is 2.20. The molecule has 0 amide bonds.